The standard InChI is InChI=1S/2C16H13.2C4H9.2CH3.CH2.Hf/c2*1-12-8-10-14(11-9-12)16-7-3-5-13-4-2-6-15(13)16;2*1-4(2)3;;;;/h2*2-11H,1H3;2*4H,1H2,2-3H3;2*1H3;1H2;. The first-order valence-electron chi connectivity index (χ1n) is 16.9. The van der Waals surface area contributed by atoms with E-state index in [0.29, 0.717) is 19.2 Å². The molecule has 0 bridgehead atoms. The fourth-order valence-electron chi connectivity index (χ4n) is 11.5. The third-order valence-electron chi connectivity index (χ3n) is 12.2. The molecule has 0 N–H and O–H groups in total. The molecule has 0 heterocycles. The number of benzene rings is 4. The van der Waals surface area contributed by atoms with Crippen LogP contribution < -0.4 is 0 Å². The van der Waals surface area contributed by atoms with Gasteiger partial charge in [0.2, 0.25) is 0 Å². The summed E-state index contributed by atoms with van der Waals surface area (Å²) in [5.74, 6) is 1.06. The molecule has 0 spiro atoms. The van der Waals surface area contributed by atoms with Crippen molar-refractivity contribution in [3.63, 3.8) is 0 Å². The van der Waals surface area contributed by atoms with E-state index in [-0.39, 0.29) is 0 Å². The van der Waals surface area contributed by atoms with Gasteiger partial charge in [0.05, 0.1) is 0 Å². The van der Waals surface area contributed by atoms with Crippen molar-refractivity contribution in [1.29, 1.82) is 0 Å². The van der Waals surface area contributed by atoms with Gasteiger partial charge in [-0.2, -0.15) is 0 Å². The van der Waals surface area contributed by atoms with Gasteiger partial charge in [0, 0.05) is 0 Å². The Balaban J connectivity index is 1.64. The van der Waals surface area contributed by atoms with Crippen LogP contribution in [0.3, 0.4) is 0 Å². The third kappa shape index (κ3) is 4.60. The van der Waals surface area contributed by atoms with Crippen LogP contribution in [0.2, 0.25) is 17.7 Å². The minimum atomic E-state index is -5.42. The van der Waals surface area contributed by atoms with Gasteiger partial charge in [-0.25, -0.2) is 0 Å². The maximum absolute atomic E-state index is 5.93. The van der Waals surface area contributed by atoms with Crippen molar-refractivity contribution in [3.8, 4) is 22.3 Å². The van der Waals surface area contributed by atoms with Gasteiger partial charge >= 0.3 is 263 Å². The number of rotatable bonds is 8. The summed E-state index contributed by atoms with van der Waals surface area (Å²) in [6, 6.07) is 32.2. The average molecular weight is 747 g/mol. The first-order valence-corrected chi connectivity index (χ1v) is 35.8. The molecule has 2 unspecified atom stereocenters. The minimum absolute atomic E-state index is 0.299. The summed E-state index contributed by atoms with van der Waals surface area (Å²) in [6.45, 7) is 14.1. The summed E-state index contributed by atoms with van der Waals surface area (Å²) in [5, 5.41) is 0. The zero-order chi connectivity index (χ0) is 31.6. The molecule has 0 aliphatic heterocycles. The van der Waals surface area contributed by atoms with Crippen LogP contribution in [-0.4, -0.2) is 4.26 Å². The Bertz CT molecular complexity index is 1810. The molecule has 1 heteroatoms. The van der Waals surface area contributed by atoms with Gasteiger partial charge in [-0.15, -0.1) is 0 Å². The molecule has 2 aliphatic rings. The Labute approximate surface area is 261 Å². The third-order valence-corrected chi connectivity index (χ3v) is 56.1. The van der Waals surface area contributed by atoms with Crippen LogP contribution in [0, 0.1) is 25.7 Å². The van der Waals surface area contributed by atoms with Gasteiger partial charge in [0.15, 0.2) is 0 Å². The van der Waals surface area contributed by atoms with E-state index in [2.05, 4.69) is 160 Å². The first kappa shape index (κ1) is 31.1. The summed E-state index contributed by atoms with van der Waals surface area (Å²) in [7, 11) is 0. The molecule has 4 aromatic carbocycles. The molecular weight excluding hydrogens is 695 g/mol. The van der Waals surface area contributed by atoms with Crippen LogP contribution in [0.4, 0.5) is 0 Å². The van der Waals surface area contributed by atoms with E-state index in [1.807, 2.05) is 0 Å². The van der Waals surface area contributed by atoms with E-state index in [1.165, 1.54) is 64.0 Å². The summed E-state index contributed by atoms with van der Waals surface area (Å²) < 4.78 is 14.5. The Morgan fingerprint density at radius 3 is 1.27 bits per heavy atom. The molecular formula is C43H52Hf. The molecule has 0 saturated heterocycles. The molecule has 4 aromatic rings. The monoisotopic (exact) mass is 748 g/mol. The van der Waals surface area contributed by atoms with Gasteiger partial charge in [-0.3, -0.25) is 0 Å². The van der Waals surface area contributed by atoms with Gasteiger partial charge in [0.1, 0.15) is 0 Å². The molecule has 44 heavy (non-hydrogen) atoms. The maximum atomic E-state index is 5.93. The summed E-state index contributed by atoms with van der Waals surface area (Å²) in [5.41, 5.74) is 13.7. The predicted molar refractivity (Wildman–Crippen MR) is 195 cm³/mol. The second-order valence-corrected chi connectivity index (χ2v) is 68.1. The van der Waals surface area contributed by atoms with E-state index in [1.54, 1.807) is 0 Å². The van der Waals surface area contributed by atoms with Crippen LogP contribution in [0.1, 0.15) is 68.4 Å². The zero-order valence-electron chi connectivity index (χ0n) is 28.3. The fourth-order valence-corrected chi connectivity index (χ4v) is 63.5. The number of hydrogen-bond acceptors (Lipinski definition) is 0. The average Bonchev–Trinajstić information content (AvgIpc) is 3.60. The summed E-state index contributed by atoms with van der Waals surface area (Å²) in [6.07, 6.45) is 10.1. The first-order chi connectivity index (χ1) is 20.6. The van der Waals surface area contributed by atoms with Crippen molar-refractivity contribution >= 4 is 16.4 Å². The molecule has 2 atom stereocenters. The van der Waals surface area contributed by atoms with Crippen molar-refractivity contribution in [3.05, 3.63) is 130 Å². The normalized spacial score (nSPS) is 19.8. The van der Waals surface area contributed by atoms with Gasteiger partial charge in [-0.1, -0.05) is 0 Å². The number of aryl methyl sites for hydroxylation is 2. The van der Waals surface area contributed by atoms with Crippen molar-refractivity contribution in [1.82, 2.24) is 0 Å². The molecule has 228 valence electrons. The van der Waals surface area contributed by atoms with E-state index in [0.717, 1.165) is 0 Å². The van der Waals surface area contributed by atoms with Crippen molar-refractivity contribution in [2.45, 2.75) is 66.6 Å². The van der Waals surface area contributed by atoms with Crippen molar-refractivity contribution < 1.29 is 15.1 Å². The van der Waals surface area contributed by atoms with E-state index in [9.17, 15) is 0 Å². The fraction of sp³-hybridized carbons (Fsp3) is 0.326. The molecule has 0 amide bonds. The topological polar surface area (TPSA) is 0 Å². The van der Waals surface area contributed by atoms with Crippen molar-refractivity contribution in [2.24, 2.45) is 11.8 Å². The van der Waals surface area contributed by atoms with Gasteiger partial charge in [0.25, 0.3) is 0 Å². The molecule has 6 rings (SSSR count). The van der Waals surface area contributed by atoms with Crippen molar-refractivity contribution in [2.75, 3.05) is 0 Å². The van der Waals surface area contributed by atoms with Crippen LogP contribution in [0.25, 0.3) is 34.4 Å². The van der Waals surface area contributed by atoms with Crippen LogP contribution in [0.5, 0.6) is 0 Å². The Hall–Kier alpha value is -2.90. The molecule has 0 nitrogen and oxygen atoms in total. The molecule has 0 fully saturated rings. The second-order valence-electron chi connectivity index (χ2n) is 18.1. The SMILES string of the molecule is [CH2]=[Hf]([CH3])([CH3])([CH2]C(C)C)([CH2]C(C)C)([CH]1C=Cc2c(-c3ccc(C)cc3)cccc21)[CH]1C=Cc2c(-c3ccc(C)cc3)cccc21. The predicted octanol–water partition coefficient (Wildman–Crippen LogP) is 12.9. The van der Waals surface area contributed by atoms with Gasteiger partial charge in [-0.05, 0) is 0 Å². The number of hydrogen-bond donors (Lipinski definition) is 0. The zero-order valence-corrected chi connectivity index (χ0v) is 31.9. The van der Waals surface area contributed by atoms with E-state index in [4.69, 9.17) is 4.26 Å². The number of fused-ring (bicyclic) bond motifs is 2. The summed E-state index contributed by atoms with van der Waals surface area (Å²) in [4.78, 5) is 0. The molecule has 0 aromatic heterocycles. The van der Waals surface area contributed by atoms with Gasteiger partial charge < -0.3 is 0 Å². The number of allylic oxidation sites excluding steroid dienone is 2. The van der Waals surface area contributed by atoms with Crippen LogP contribution in [-0.2, 0) is 15.1 Å². The van der Waals surface area contributed by atoms with E-state index < -0.39 is 15.1 Å². The Morgan fingerprint density at radius 1 is 0.568 bits per heavy atom. The Morgan fingerprint density at radius 2 is 0.932 bits per heavy atom. The van der Waals surface area contributed by atoms with Crippen LogP contribution in [0.15, 0.2) is 97.1 Å². The summed E-state index contributed by atoms with van der Waals surface area (Å²) >= 11 is -5.42. The molecule has 0 radical (unpaired) electrons. The van der Waals surface area contributed by atoms with E-state index >= 15 is 0 Å². The quantitative estimate of drug-likeness (QED) is 0.158. The molecule has 2 aliphatic carbocycles. The molecule has 0 saturated carbocycles. The Kier molecular flexibility index (Phi) is 6.75. The van der Waals surface area contributed by atoms with Crippen LogP contribution >= 0.6 is 0 Å². The second kappa shape index (κ2) is 9.56.